The van der Waals surface area contributed by atoms with Crippen molar-refractivity contribution in [3.63, 3.8) is 0 Å². The zero-order valence-electron chi connectivity index (χ0n) is 6.05. The lowest BCUT2D eigenvalue weighted by atomic mass is 9.86. The number of hydrogen-bond donors (Lipinski definition) is 0. The van der Waals surface area contributed by atoms with E-state index in [-0.39, 0.29) is 0 Å². The summed E-state index contributed by atoms with van der Waals surface area (Å²) >= 11 is 0. The molecule has 1 aliphatic heterocycles. The summed E-state index contributed by atoms with van der Waals surface area (Å²) in [7, 11) is 1.81. The smallest absolute Gasteiger partial charge is 0.0545 e. The Hall–Kier alpha value is -0.370. The Labute approximate surface area is 55.9 Å². The molecular weight excluding hydrogens is 114 g/mol. The number of nitrogens with zero attached hydrogens (tertiary/aromatic N) is 1. The Balaban J connectivity index is 2.24. The normalized spacial score (nSPS) is 24.2. The Morgan fingerprint density at radius 1 is 1.67 bits per heavy atom. The van der Waals surface area contributed by atoms with Crippen LogP contribution in [0.2, 0.25) is 0 Å². The van der Waals surface area contributed by atoms with Crippen molar-refractivity contribution in [2.45, 2.75) is 13.3 Å². The van der Waals surface area contributed by atoms with Gasteiger partial charge < -0.3 is 9.73 Å². The van der Waals surface area contributed by atoms with Gasteiger partial charge in [0.1, 0.15) is 0 Å². The van der Waals surface area contributed by atoms with Gasteiger partial charge in [0, 0.05) is 12.5 Å². The summed E-state index contributed by atoms with van der Waals surface area (Å²) < 4.78 is 5.07. The molecule has 1 rings (SSSR count). The number of hydrogen-bond acceptors (Lipinski definition) is 2. The predicted octanol–water partition coefficient (Wildman–Crippen LogP) is 1.11. The van der Waals surface area contributed by atoms with Gasteiger partial charge >= 0.3 is 0 Å². The van der Waals surface area contributed by atoms with Gasteiger partial charge in [-0.1, -0.05) is 6.92 Å². The predicted molar refractivity (Wildman–Crippen MR) is 38.0 cm³/mol. The molecule has 1 aliphatic rings. The molecule has 0 N–H and O–H groups in total. The van der Waals surface area contributed by atoms with Gasteiger partial charge in [0.15, 0.2) is 0 Å². The Morgan fingerprint density at radius 3 is 2.67 bits per heavy atom. The van der Waals surface area contributed by atoms with Crippen molar-refractivity contribution in [3.8, 4) is 0 Å². The van der Waals surface area contributed by atoms with Gasteiger partial charge in [0.25, 0.3) is 0 Å². The lowest BCUT2D eigenvalue weighted by Crippen LogP contribution is -2.39. The molecule has 1 fully saturated rings. The van der Waals surface area contributed by atoms with Crippen molar-refractivity contribution in [2.24, 2.45) is 10.4 Å². The van der Waals surface area contributed by atoms with E-state index < -0.39 is 0 Å². The van der Waals surface area contributed by atoms with E-state index in [9.17, 15) is 0 Å². The fourth-order valence-electron chi connectivity index (χ4n) is 0.880. The van der Waals surface area contributed by atoms with E-state index in [2.05, 4.69) is 11.9 Å². The summed E-state index contributed by atoms with van der Waals surface area (Å²) in [5.74, 6) is 0. The van der Waals surface area contributed by atoms with Crippen LogP contribution in [-0.4, -0.2) is 26.5 Å². The average Bonchev–Trinajstić information content (AvgIpc) is 1.79. The average molecular weight is 127 g/mol. The molecule has 2 nitrogen and oxygen atoms in total. The Morgan fingerprint density at radius 2 is 2.33 bits per heavy atom. The van der Waals surface area contributed by atoms with E-state index in [4.69, 9.17) is 4.74 Å². The first kappa shape index (κ1) is 6.75. The number of rotatable bonds is 2. The molecule has 2 heteroatoms. The molecule has 1 saturated heterocycles. The largest absolute Gasteiger partial charge is 0.380 e. The van der Waals surface area contributed by atoms with Crippen LogP contribution in [0.5, 0.6) is 0 Å². The Kier molecular flexibility index (Phi) is 1.86. The van der Waals surface area contributed by atoms with Crippen molar-refractivity contribution in [1.82, 2.24) is 0 Å². The van der Waals surface area contributed by atoms with E-state index in [1.165, 1.54) is 0 Å². The fraction of sp³-hybridized carbons (Fsp3) is 0.857. The quantitative estimate of drug-likeness (QED) is 0.509. The second-order valence-electron chi connectivity index (χ2n) is 2.95. The topological polar surface area (TPSA) is 21.6 Å². The van der Waals surface area contributed by atoms with Crippen molar-refractivity contribution in [3.05, 3.63) is 0 Å². The molecule has 0 aliphatic carbocycles. The summed E-state index contributed by atoms with van der Waals surface area (Å²) in [4.78, 5) is 3.92. The molecule has 0 atom stereocenters. The van der Waals surface area contributed by atoms with Crippen LogP contribution < -0.4 is 0 Å². The summed E-state index contributed by atoms with van der Waals surface area (Å²) in [5, 5.41) is 0. The van der Waals surface area contributed by atoms with Crippen molar-refractivity contribution in [2.75, 3.05) is 20.3 Å². The van der Waals surface area contributed by atoms with Gasteiger partial charge in [-0.15, -0.1) is 0 Å². The van der Waals surface area contributed by atoms with Gasteiger partial charge in [0.05, 0.1) is 13.2 Å². The summed E-state index contributed by atoms with van der Waals surface area (Å²) in [6.07, 6.45) is 3.02. The minimum absolute atomic E-state index is 0.402. The van der Waals surface area contributed by atoms with Crippen LogP contribution >= 0.6 is 0 Å². The number of ether oxygens (including phenoxy) is 1. The maximum atomic E-state index is 5.07. The first-order valence-electron chi connectivity index (χ1n) is 3.25. The molecule has 0 spiro atoms. The molecule has 0 aromatic rings. The third-order valence-electron chi connectivity index (χ3n) is 1.67. The van der Waals surface area contributed by atoms with E-state index >= 15 is 0 Å². The fourth-order valence-corrected chi connectivity index (χ4v) is 0.880. The highest BCUT2D eigenvalue weighted by Gasteiger charge is 2.31. The molecule has 0 amide bonds. The molecule has 1 heterocycles. The van der Waals surface area contributed by atoms with Crippen LogP contribution in [0.1, 0.15) is 13.3 Å². The van der Waals surface area contributed by atoms with Gasteiger partial charge in [0.2, 0.25) is 0 Å². The van der Waals surface area contributed by atoms with E-state index in [0.717, 1.165) is 19.6 Å². The second kappa shape index (κ2) is 2.48. The van der Waals surface area contributed by atoms with Crippen LogP contribution in [0.25, 0.3) is 0 Å². The highest BCUT2D eigenvalue weighted by Crippen LogP contribution is 2.28. The van der Waals surface area contributed by atoms with Gasteiger partial charge in [-0.2, -0.15) is 0 Å². The zero-order valence-corrected chi connectivity index (χ0v) is 6.05. The summed E-state index contributed by atoms with van der Waals surface area (Å²) in [6.45, 7) is 4.02. The molecule has 0 aromatic carbocycles. The molecule has 0 aromatic heterocycles. The monoisotopic (exact) mass is 127 g/mol. The molecule has 0 saturated carbocycles. The highest BCUT2D eigenvalue weighted by molar-refractivity contribution is 5.58. The third-order valence-corrected chi connectivity index (χ3v) is 1.67. The molecule has 52 valence electrons. The molecule has 0 bridgehead atoms. The highest BCUT2D eigenvalue weighted by atomic mass is 16.5. The lowest BCUT2D eigenvalue weighted by molar-refractivity contribution is -0.0958. The van der Waals surface area contributed by atoms with Crippen LogP contribution in [0.15, 0.2) is 4.99 Å². The van der Waals surface area contributed by atoms with Crippen LogP contribution in [0.4, 0.5) is 0 Å². The molecular formula is C7H13NO. The standard InChI is InChI=1S/C7H13NO/c1-7(3-4-8-2)5-9-6-7/h4H,3,5-6H2,1-2H3. The first-order chi connectivity index (χ1) is 4.27. The van der Waals surface area contributed by atoms with Crippen molar-refractivity contribution in [1.29, 1.82) is 0 Å². The van der Waals surface area contributed by atoms with Crippen LogP contribution in [-0.2, 0) is 4.74 Å². The minimum Gasteiger partial charge on any atom is -0.380 e. The van der Waals surface area contributed by atoms with Crippen molar-refractivity contribution < 1.29 is 4.74 Å². The zero-order chi connectivity index (χ0) is 6.74. The first-order valence-corrected chi connectivity index (χ1v) is 3.25. The van der Waals surface area contributed by atoms with E-state index in [0.29, 0.717) is 5.41 Å². The second-order valence-corrected chi connectivity index (χ2v) is 2.95. The van der Waals surface area contributed by atoms with Gasteiger partial charge in [-0.05, 0) is 12.6 Å². The van der Waals surface area contributed by atoms with E-state index in [1.807, 2.05) is 13.3 Å². The van der Waals surface area contributed by atoms with Crippen molar-refractivity contribution >= 4 is 6.21 Å². The van der Waals surface area contributed by atoms with E-state index in [1.54, 1.807) is 0 Å². The van der Waals surface area contributed by atoms with Gasteiger partial charge in [-0.3, -0.25) is 0 Å². The lowest BCUT2D eigenvalue weighted by Gasteiger charge is -2.36. The minimum atomic E-state index is 0.402. The maximum Gasteiger partial charge on any atom is 0.0545 e. The molecule has 0 unspecified atom stereocenters. The number of aliphatic imine (C=N–C) groups is 1. The summed E-state index contributed by atoms with van der Waals surface area (Å²) in [6, 6.07) is 0. The van der Waals surface area contributed by atoms with Crippen LogP contribution in [0, 0.1) is 5.41 Å². The molecule has 9 heavy (non-hydrogen) atoms. The van der Waals surface area contributed by atoms with Gasteiger partial charge in [-0.25, -0.2) is 0 Å². The summed E-state index contributed by atoms with van der Waals surface area (Å²) in [5.41, 5.74) is 0.402. The van der Waals surface area contributed by atoms with Crippen LogP contribution in [0.3, 0.4) is 0 Å². The SMILES string of the molecule is CN=CCC1(C)COC1. The maximum absolute atomic E-state index is 5.07. The Bertz CT molecular complexity index is 116. The third kappa shape index (κ3) is 1.52. The molecule has 0 radical (unpaired) electrons.